The van der Waals surface area contributed by atoms with Crippen LogP contribution in [0.15, 0.2) is 45.6 Å². The van der Waals surface area contributed by atoms with Crippen molar-refractivity contribution in [3.05, 3.63) is 52.2 Å². The second-order valence-corrected chi connectivity index (χ2v) is 10.1. The molecule has 14 heteroatoms. The highest BCUT2D eigenvalue weighted by Crippen LogP contribution is 2.41. The van der Waals surface area contributed by atoms with Crippen molar-refractivity contribution in [3.8, 4) is 28.6 Å². The largest absolute Gasteiger partial charge is 0.507 e. The maximum absolute atomic E-state index is 13.1. The van der Waals surface area contributed by atoms with Crippen molar-refractivity contribution in [2.75, 3.05) is 6.61 Å². The average Bonchev–Trinajstić information content (AvgIpc) is 2.94. The van der Waals surface area contributed by atoms with E-state index in [2.05, 4.69) is 0 Å². The van der Waals surface area contributed by atoms with Crippen molar-refractivity contribution in [2.45, 2.75) is 68.1 Å². The summed E-state index contributed by atoms with van der Waals surface area (Å²) in [6.45, 7) is 0.686. The summed E-state index contributed by atoms with van der Waals surface area (Å²) in [5.41, 5.74) is -0.471. The number of phenols is 3. The summed E-state index contributed by atoms with van der Waals surface area (Å²) in [5.74, 6) is -1.27. The smallest absolute Gasteiger partial charge is 0.193 e. The first-order valence-electron chi connectivity index (χ1n) is 12.7. The van der Waals surface area contributed by atoms with Crippen molar-refractivity contribution in [1.82, 2.24) is 0 Å². The van der Waals surface area contributed by atoms with Crippen LogP contribution < -0.4 is 5.43 Å². The van der Waals surface area contributed by atoms with Crippen LogP contribution in [-0.4, -0.2) is 108 Å². The second kappa shape index (κ2) is 11.2. The summed E-state index contributed by atoms with van der Waals surface area (Å²) in [6.07, 6.45) is -15.3. The van der Waals surface area contributed by atoms with Crippen LogP contribution in [0.5, 0.6) is 17.2 Å². The van der Waals surface area contributed by atoms with Crippen LogP contribution in [0.4, 0.5) is 0 Å². The summed E-state index contributed by atoms with van der Waals surface area (Å²) in [5, 5.41) is 92.1. The van der Waals surface area contributed by atoms with Gasteiger partial charge in [0.2, 0.25) is 0 Å². The maximum Gasteiger partial charge on any atom is 0.193 e. The molecule has 10 unspecified atom stereocenters. The number of benzene rings is 2. The molecule has 0 radical (unpaired) electrons. The molecule has 14 nitrogen and oxygen atoms in total. The van der Waals surface area contributed by atoms with Gasteiger partial charge in [-0.3, -0.25) is 4.79 Å². The molecule has 2 aliphatic rings. The number of phenolic OH excluding ortho intramolecular Hbond substituents is 3. The van der Waals surface area contributed by atoms with E-state index >= 15 is 0 Å². The van der Waals surface area contributed by atoms with E-state index in [0.717, 1.165) is 12.1 Å². The molecule has 5 rings (SSSR count). The number of hydrogen-bond acceptors (Lipinski definition) is 14. The molecule has 2 saturated heterocycles. The summed E-state index contributed by atoms with van der Waals surface area (Å²) in [4.78, 5) is 13.1. The molecular weight excluding hydrogens is 548 g/mol. The SMILES string of the molecule is CC1OC(OC2C(c3cc4c(=O)cc(-c5ccc(O)c(O)c5)oc4cc3O)OC(CO)C(O)C2O)C(O)C(O)C1O. The molecule has 2 aromatic carbocycles. The first-order chi connectivity index (χ1) is 19.4. The average molecular weight is 579 g/mol. The third kappa shape index (κ3) is 5.25. The number of fused-ring (bicyclic) bond motifs is 1. The summed E-state index contributed by atoms with van der Waals surface area (Å²) in [7, 11) is 0. The van der Waals surface area contributed by atoms with E-state index in [1.165, 1.54) is 31.2 Å². The summed E-state index contributed by atoms with van der Waals surface area (Å²) >= 11 is 0. The van der Waals surface area contributed by atoms with Gasteiger partial charge < -0.3 is 64.6 Å². The summed E-state index contributed by atoms with van der Waals surface area (Å²) < 4.78 is 22.8. The molecular formula is C27H30O14. The fraction of sp³-hybridized carbons (Fsp3) is 0.444. The molecule has 222 valence electrons. The molecule has 0 bridgehead atoms. The minimum Gasteiger partial charge on any atom is -0.507 e. The lowest BCUT2D eigenvalue weighted by atomic mass is 9.89. The Labute approximate surface area is 231 Å². The molecule has 1 aromatic heterocycles. The molecule has 9 N–H and O–H groups in total. The van der Waals surface area contributed by atoms with Gasteiger partial charge in [-0.15, -0.1) is 0 Å². The van der Waals surface area contributed by atoms with E-state index in [1.54, 1.807) is 0 Å². The third-order valence-corrected chi connectivity index (χ3v) is 7.41. The maximum atomic E-state index is 13.1. The van der Waals surface area contributed by atoms with Gasteiger partial charge in [0.05, 0.1) is 18.1 Å². The third-order valence-electron chi connectivity index (χ3n) is 7.41. The fourth-order valence-corrected chi connectivity index (χ4v) is 5.03. The molecule has 0 amide bonds. The lowest BCUT2D eigenvalue weighted by Crippen LogP contribution is -2.61. The standard InChI is InChI=1S/C27H30O14/c1-9-20(33)22(35)24(37)27(38-9)41-26-23(36)21(34)19(8-28)40-25(26)12-5-11-14(30)6-17(39-18(11)7-15(12)31)10-2-3-13(29)16(32)4-10/h2-7,9,19-29,31-37H,8H2,1H3. The van der Waals surface area contributed by atoms with Gasteiger partial charge in [0.15, 0.2) is 23.2 Å². The number of rotatable bonds is 5. The number of aromatic hydroxyl groups is 3. The highest BCUT2D eigenvalue weighted by atomic mass is 16.7. The van der Waals surface area contributed by atoms with Gasteiger partial charge in [0.1, 0.15) is 65.9 Å². The van der Waals surface area contributed by atoms with Gasteiger partial charge in [0.25, 0.3) is 0 Å². The Hall–Kier alpha value is -3.31. The Morgan fingerprint density at radius 2 is 1.54 bits per heavy atom. The number of hydrogen-bond donors (Lipinski definition) is 9. The van der Waals surface area contributed by atoms with Gasteiger partial charge in [-0.1, -0.05) is 0 Å². The molecule has 10 atom stereocenters. The van der Waals surface area contributed by atoms with Gasteiger partial charge in [-0.2, -0.15) is 0 Å². The van der Waals surface area contributed by atoms with Gasteiger partial charge in [-0.05, 0) is 31.2 Å². The Kier molecular flexibility index (Phi) is 7.95. The monoisotopic (exact) mass is 578 g/mol. The van der Waals surface area contributed by atoms with Gasteiger partial charge >= 0.3 is 0 Å². The lowest BCUT2D eigenvalue weighted by molar-refractivity contribution is -0.338. The van der Waals surface area contributed by atoms with E-state index in [4.69, 9.17) is 18.6 Å². The summed E-state index contributed by atoms with van der Waals surface area (Å²) in [6, 6.07) is 7.25. The predicted octanol–water partition coefficient (Wildman–Crippen LogP) is -1.06. The molecule has 3 aromatic rings. The minimum atomic E-state index is -1.77. The first kappa shape index (κ1) is 29.2. The molecule has 0 spiro atoms. The quantitative estimate of drug-likeness (QED) is 0.164. The lowest BCUT2D eigenvalue weighted by Gasteiger charge is -2.46. The van der Waals surface area contributed by atoms with Crippen LogP contribution in [0, 0.1) is 0 Å². The Balaban J connectivity index is 1.55. The molecule has 0 aliphatic carbocycles. The number of aliphatic hydroxyl groups excluding tert-OH is 6. The zero-order chi connectivity index (χ0) is 29.7. The second-order valence-electron chi connectivity index (χ2n) is 10.1. The van der Waals surface area contributed by atoms with E-state index in [1.807, 2.05) is 0 Å². The van der Waals surface area contributed by atoms with Gasteiger partial charge in [-0.25, -0.2) is 0 Å². The molecule has 3 heterocycles. The van der Waals surface area contributed by atoms with Crippen molar-refractivity contribution in [2.24, 2.45) is 0 Å². The number of aliphatic hydroxyl groups is 6. The van der Waals surface area contributed by atoms with E-state index < -0.39 is 84.8 Å². The van der Waals surface area contributed by atoms with Crippen LogP contribution in [0.3, 0.4) is 0 Å². The van der Waals surface area contributed by atoms with Crippen molar-refractivity contribution >= 4 is 11.0 Å². The minimum absolute atomic E-state index is 0.0252. The topological polar surface area (TPSA) is 240 Å². The first-order valence-corrected chi connectivity index (χ1v) is 12.7. The van der Waals surface area contributed by atoms with Crippen molar-refractivity contribution in [1.29, 1.82) is 0 Å². The Bertz CT molecular complexity index is 1470. The highest BCUT2D eigenvalue weighted by Gasteiger charge is 2.50. The van der Waals surface area contributed by atoms with Crippen LogP contribution >= 0.6 is 0 Å². The Morgan fingerprint density at radius 1 is 0.805 bits per heavy atom. The zero-order valence-electron chi connectivity index (χ0n) is 21.5. The van der Waals surface area contributed by atoms with E-state index in [-0.39, 0.29) is 33.6 Å². The molecule has 2 aliphatic heterocycles. The van der Waals surface area contributed by atoms with Crippen LogP contribution in [-0.2, 0) is 14.2 Å². The normalized spacial score (nSPS) is 34.1. The van der Waals surface area contributed by atoms with Crippen LogP contribution in [0.1, 0.15) is 18.6 Å². The Morgan fingerprint density at radius 3 is 2.22 bits per heavy atom. The fourth-order valence-electron chi connectivity index (χ4n) is 5.03. The zero-order valence-corrected chi connectivity index (χ0v) is 21.5. The predicted molar refractivity (Wildman–Crippen MR) is 137 cm³/mol. The van der Waals surface area contributed by atoms with Crippen molar-refractivity contribution < 1.29 is 64.6 Å². The van der Waals surface area contributed by atoms with Crippen molar-refractivity contribution in [3.63, 3.8) is 0 Å². The van der Waals surface area contributed by atoms with Crippen LogP contribution in [0.2, 0.25) is 0 Å². The molecule has 0 saturated carbocycles. The van der Waals surface area contributed by atoms with Gasteiger partial charge in [0, 0.05) is 23.3 Å². The van der Waals surface area contributed by atoms with E-state index in [9.17, 15) is 50.8 Å². The molecule has 41 heavy (non-hydrogen) atoms. The van der Waals surface area contributed by atoms with Crippen LogP contribution in [0.25, 0.3) is 22.3 Å². The van der Waals surface area contributed by atoms with E-state index in [0.29, 0.717) is 0 Å². The number of ether oxygens (including phenoxy) is 3. The molecule has 2 fully saturated rings. The highest BCUT2D eigenvalue weighted by molar-refractivity contribution is 5.81.